The number of hydrogen-bond acceptors (Lipinski definition) is 5. The Morgan fingerprint density at radius 2 is 1.47 bits per heavy atom. The van der Waals surface area contributed by atoms with Gasteiger partial charge in [0.25, 0.3) is 0 Å². The average Bonchev–Trinajstić information content (AvgIpc) is 2.78. The molecule has 152 valence electrons. The maximum Gasteiger partial charge on any atom is 0.347 e. The second-order valence-corrected chi connectivity index (χ2v) is 6.17. The number of carbonyl (C=O) groups excluding carboxylic acids is 2. The van der Waals surface area contributed by atoms with Crippen molar-refractivity contribution in [2.75, 3.05) is 14.2 Å². The number of ketones is 1. The van der Waals surface area contributed by atoms with E-state index >= 15 is 0 Å². The van der Waals surface area contributed by atoms with Crippen LogP contribution in [0.15, 0.2) is 72.8 Å². The minimum atomic E-state index is -0.721. The minimum absolute atomic E-state index is 0.0537. The zero-order chi connectivity index (χ0) is 21.5. The van der Waals surface area contributed by atoms with Gasteiger partial charge in [-0.3, -0.25) is 4.79 Å². The Kier molecular flexibility index (Phi) is 6.60. The fourth-order valence-electron chi connectivity index (χ4n) is 2.81. The van der Waals surface area contributed by atoms with Gasteiger partial charge in [0.15, 0.2) is 5.78 Å². The quantitative estimate of drug-likeness (QED) is 0.240. The molecule has 0 radical (unpaired) electrons. The van der Waals surface area contributed by atoms with Gasteiger partial charge in [-0.05, 0) is 48.6 Å². The molecule has 0 bridgehead atoms. The first-order chi connectivity index (χ1) is 14.5. The van der Waals surface area contributed by atoms with Crippen LogP contribution in [0, 0.1) is 5.82 Å². The SMILES string of the molecule is COc1ccccc1C=CC(=O)c1cc(F)ccc1OC(=O)c1ccccc1OC. The van der Waals surface area contributed by atoms with E-state index in [1.165, 1.54) is 32.4 Å². The molecule has 0 spiro atoms. The van der Waals surface area contributed by atoms with Crippen molar-refractivity contribution in [3.05, 3.63) is 95.3 Å². The van der Waals surface area contributed by atoms with Gasteiger partial charge in [0.05, 0.1) is 19.8 Å². The lowest BCUT2D eigenvalue weighted by molar-refractivity contribution is 0.0729. The van der Waals surface area contributed by atoms with Crippen LogP contribution in [0.3, 0.4) is 0 Å². The molecule has 5 nitrogen and oxygen atoms in total. The molecule has 0 amide bonds. The molecule has 0 atom stereocenters. The third-order valence-corrected chi connectivity index (χ3v) is 4.29. The van der Waals surface area contributed by atoms with Crippen LogP contribution < -0.4 is 14.2 Å². The van der Waals surface area contributed by atoms with Crippen LogP contribution in [0.4, 0.5) is 4.39 Å². The van der Waals surface area contributed by atoms with E-state index in [4.69, 9.17) is 14.2 Å². The van der Waals surface area contributed by atoms with E-state index in [1.807, 2.05) is 0 Å². The summed E-state index contributed by atoms with van der Waals surface area (Å²) in [5.74, 6) is -1.01. The predicted octanol–water partition coefficient (Wildman–Crippen LogP) is 4.96. The zero-order valence-corrected chi connectivity index (χ0v) is 16.4. The maximum atomic E-state index is 13.8. The van der Waals surface area contributed by atoms with Crippen LogP contribution in [-0.2, 0) is 0 Å². The summed E-state index contributed by atoms with van der Waals surface area (Å²) in [4.78, 5) is 25.3. The minimum Gasteiger partial charge on any atom is -0.496 e. The van der Waals surface area contributed by atoms with E-state index in [1.54, 1.807) is 48.5 Å². The lowest BCUT2D eigenvalue weighted by Crippen LogP contribution is -2.12. The van der Waals surface area contributed by atoms with Gasteiger partial charge < -0.3 is 14.2 Å². The van der Waals surface area contributed by atoms with Crippen molar-refractivity contribution >= 4 is 17.8 Å². The summed E-state index contributed by atoms with van der Waals surface area (Å²) < 4.78 is 29.6. The number of hydrogen-bond donors (Lipinski definition) is 0. The van der Waals surface area contributed by atoms with Crippen molar-refractivity contribution < 1.29 is 28.2 Å². The molecule has 0 fully saturated rings. The highest BCUT2D eigenvalue weighted by atomic mass is 19.1. The second kappa shape index (κ2) is 9.52. The van der Waals surface area contributed by atoms with Crippen LogP contribution in [0.1, 0.15) is 26.3 Å². The standard InChI is InChI=1S/C24H19FO5/c1-28-21-9-5-3-7-16(21)11-13-20(26)19-15-17(25)12-14-23(19)30-24(27)18-8-4-6-10-22(18)29-2/h3-15H,1-2H3. The molecule has 6 heteroatoms. The zero-order valence-electron chi connectivity index (χ0n) is 16.4. The Hall–Kier alpha value is -3.93. The fraction of sp³-hybridized carbons (Fsp3) is 0.0833. The lowest BCUT2D eigenvalue weighted by Gasteiger charge is -2.11. The number of ether oxygens (including phenoxy) is 3. The molecule has 3 aromatic carbocycles. The summed E-state index contributed by atoms with van der Waals surface area (Å²) in [6.07, 6.45) is 2.82. The number of benzene rings is 3. The largest absolute Gasteiger partial charge is 0.496 e. The van der Waals surface area contributed by atoms with Crippen LogP contribution in [0.5, 0.6) is 17.2 Å². The molecule has 30 heavy (non-hydrogen) atoms. The maximum absolute atomic E-state index is 13.8. The summed E-state index contributed by atoms with van der Waals surface area (Å²) in [6, 6.07) is 17.0. The Bertz CT molecular complexity index is 1100. The van der Waals surface area contributed by atoms with Crippen LogP contribution in [0.2, 0.25) is 0 Å². The van der Waals surface area contributed by atoms with Gasteiger partial charge in [0.2, 0.25) is 0 Å². The van der Waals surface area contributed by atoms with Crippen molar-refractivity contribution in [2.45, 2.75) is 0 Å². The molecule has 0 aliphatic rings. The third kappa shape index (κ3) is 4.72. The first kappa shape index (κ1) is 20.8. The molecule has 3 rings (SSSR count). The molecule has 0 N–H and O–H groups in total. The second-order valence-electron chi connectivity index (χ2n) is 6.17. The van der Waals surface area contributed by atoms with Gasteiger partial charge in [-0.15, -0.1) is 0 Å². The fourth-order valence-corrected chi connectivity index (χ4v) is 2.81. The summed E-state index contributed by atoms with van der Waals surface area (Å²) >= 11 is 0. The number of rotatable bonds is 7. The van der Waals surface area contributed by atoms with E-state index in [0.29, 0.717) is 17.1 Å². The smallest absolute Gasteiger partial charge is 0.347 e. The number of methoxy groups -OCH3 is 2. The van der Waals surface area contributed by atoms with Crippen LogP contribution >= 0.6 is 0 Å². The Morgan fingerprint density at radius 3 is 2.20 bits per heavy atom. The van der Waals surface area contributed by atoms with E-state index in [0.717, 1.165) is 12.1 Å². The van der Waals surface area contributed by atoms with Gasteiger partial charge in [0.1, 0.15) is 28.6 Å². The number of allylic oxidation sites excluding steroid dienone is 1. The molecular weight excluding hydrogens is 387 g/mol. The Balaban J connectivity index is 1.89. The van der Waals surface area contributed by atoms with Gasteiger partial charge >= 0.3 is 5.97 Å². The van der Waals surface area contributed by atoms with Crippen molar-refractivity contribution in [2.24, 2.45) is 0 Å². The molecule has 0 heterocycles. The van der Waals surface area contributed by atoms with E-state index < -0.39 is 17.6 Å². The lowest BCUT2D eigenvalue weighted by atomic mass is 10.1. The highest BCUT2D eigenvalue weighted by Crippen LogP contribution is 2.25. The summed E-state index contributed by atoms with van der Waals surface area (Å²) in [6.45, 7) is 0. The first-order valence-corrected chi connectivity index (χ1v) is 9.03. The molecule has 0 saturated heterocycles. The first-order valence-electron chi connectivity index (χ1n) is 9.03. The molecule has 0 unspecified atom stereocenters. The van der Waals surface area contributed by atoms with E-state index in [-0.39, 0.29) is 16.9 Å². The molecule has 3 aromatic rings. The number of halogens is 1. The number of para-hydroxylation sites is 2. The molecule has 0 aliphatic carbocycles. The van der Waals surface area contributed by atoms with E-state index in [9.17, 15) is 14.0 Å². The van der Waals surface area contributed by atoms with Gasteiger partial charge in [0, 0.05) is 5.56 Å². The van der Waals surface area contributed by atoms with Crippen molar-refractivity contribution in [3.8, 4) is 17.2 Å². The van der Waals surface area contributed by atoms with Gasteiger partial charge in [-0.1, -0.05) is 30.3 Å². The highest BCUT2D eigenvalue weighted by Gasteiger charge is 2.18. The average molecular weight is 406 g/mol. The van der Waals surface area contributed by atoms with Crippen molar-refractivity contribution in [1.82, 2.24) is 0 Å². The Labute approximate surface area is 173 Å². The number of carbonyl (C=O) groups is 2. The number of esters is 1. The normalized spacial score (nSPS) is 10.6. The molecule has 0 saturated carbocycles. The van der Waals surface area contributed by atoms with Crippen molar-refractivity contribution in [1.29, 1.82) is 0 Å². The highest BCUT2D eigenvalue weighted by molar-refractivity contribution is 6.09. The summed E-state index contributed by atoms with van der Waals surface area (Å²) in [5.41, 5.74) is 0.786. The van der Waals surface area contributed by atoms with Crippen LogP contribution in [0.25, 0.3) is 6.08 Å². The molecular formula is C24H19FO5. The van der Waals surface area contributed by atoms with Gasteiger partial charge in [-0.2, -0.15) is 0 Å². The summed E-state index contributed by atoms with van der Waals surface area (Å²) in [5, 5.41) is 0. The predicted molar refractivity (Wildman–Crippen MR) is 111 cm³/mol. The van der Waals surface area contributed by atoms with E-state index in [2.05, 4.69) is 0 Å². The monoisotopic (exact) mass is 406 g/mol. The van der Waals surface area contributed by atoms with Crippen LogP contribution in [-0.4, -0.2) is 26.0 Å². The van der Waals surface area contributed by atoms with Gasteiger partial charge in [-0.25, -0.2) is 9.18 Å². The molecule has 0 aliphatic heterocycles. The third-order valence-electron chi connectivity index (χ3n) is 4.29. The summed E-state index contributed by atoms with van der Waals surface area (Å²) in [7, 11) is 2.96. The molecule has 0 aromatic heterocycles. The topological polar surface area (TPSA) is 61.8 Å². The Morgan fingerprint density at radius 1 is 0.800 bits per heavy atom. The van der Waals surface area contributed by atoms with Crippen molar-refractivity contribution in [3.63, 3.8) is 0 Å².